The van der Waals surface area contributed by atoms with Crippen LogP contribution in [-0.2, 0) is 27.7 Å². The van der Waals surface area contributed by atoms with Crippen molar-refractivity contribution >= 4 is 21.6 Å². The Morgan fingerprint density at radius 3 is 2.30 bits per heavy atom. The van der Waals surface area contributed by atoms with Crippen LogP contribution in [-0.4, -0.2) is 56.3 Å². The highest BCUT2D eigenvalue weighted by Crippen LogP contribution is 2.26. The topological polar surface area (TPSA) is 69.7 Å². The number of fused-ring (bicyclic) bond motifs is 1. The van der Waals surface area contributed by atoms with Gasteiger partial charge in [0.15, 0.2) is 0 Å². The summed E-state index contributed by atoms with van der Waals surface area (Å²) in [6.07, 6.45) is 4.23. The van der Waals surface area contributed by atoms with Crippen molar-refractivity contribution in [2.75, 3.05) is 38.0 Å². The first kappa shape index (κ1) is 21.0. The average Bonchev–Trinajstić information content (AvgIpc) is 2.75. The number of aryl methyl sites for hydroxylation is 2. The zero-order chi connectivity index (χ0) is 21.1. The van der Waals surface area contributed by atoms with Crippen LogP contribution in [0.3, 0.4) is 0 Å². The van der Waals surface area contributed by atoms with Crippen molar-refractivity contribution in [2.45, 2.75) is 30.6 Å². The first-order valence-electron chi connectivity index (χ1n) is 10.3. The number of anilines is 1. The molecular weight excluding hydrogens is 405 g/mol. The second kappa shape index (κ2) is 8.83. The van der Waals surface area contributed by atoms with E-state index in [9.17, 15) is 17.6 Å². The van der Waals surface area contributed by atoms with Gasteiger partial charge < -0.3 is 5.32 Å². The standard InChI is InChI=1S/C22H26FN3O3S/c23-19-6-8-20(9-7-19)24-22(27)16-25-11-13-26(14-12-25)30(28,29)21-10-5-17-3-1-2-4-18(17)15-21/h5-10,15H,1-4,11-14,16H2,(H,24,27). The van der Waals surface area contributed by atoms with Gasteiger partial charge in [0.05, 0.1) is 11.4 Å². The molecule has 4 rings (SSSR count). The molecule has 0 radical (unpaired) electrons. The van der Waals surface area contributed by atoms with Crippen LogP contribution < -0.4 is 5.32 Å². The molecular formula is C22H26FN3O3S. The summed E-state index contributed by atoms with van der Waals surface area (Å²) in [5.41, 5.74) is 2.95. The van der Waals surface area contributed by atoms with E-state index in [1.165, 1.54) is 34.1 Å². The lowest BCUT2D eigenvalue weighted by Crippen LogP contribution is -2.50. The lowest BCUT2D eigenvalue weighted by molar-refractivity contribution is -0.117. The molecule has 6 nitrogen and oxygen atoms in total. The van der Waals surface area contributed by atoms with Crippen molar-refractivity contribution in [2.24, 2.45) is 0 Å². The number of halogens is 1. The van der Waals surface area contributed by atoms with Gasteiger partial charge >= 0.3 is 0 Å². The van der Waals surface area contributed by atoms with Gasteiger partial charge in [0.25, 0.3) is 0 Å². The van der Waals surface area contributed by atoms with Gasteiger partial charge in [-0.05, 0) is 73.2 Å². The molecule has 0 spiro atoms. The van der Waals surface area contributed by atoms with E-state index in [1.807, 2.05) is 17.0 Å². The van der Waals surface area contributed by atoms with E-state index in [1.54, 1.807) is 6.07 Å². The van der Waals surface area contributed by atoms with E-state index in [0.29, 0.717) is 36.8 Å². The van der Waals surface area contributed by atoms with Gasteiger partial charge in [0.2, 0.25) is 15.9 Å². The first-order valence-corrected chi connectivity index (χ1v) is 11.8. The molecule has 1 N–H and O–H groups in total. The maximum atomic E-state index is 13.1. The van der Waals surface area contributed by atoms with Crippen LogP contribution in [0.5, 0.6) is 0 Å². The van der Waals surface area contributed by atoms with E-state index < -0.39 is 10.0 Å². The molecule has 0 bridgehead atoms. The quantitative estimate of drug-likeness (QED) is 0.790. The predicted molar refractivity (Wildman–Crippen MR) is 113 cm³/mol. The molecule has 1 heterocycles. The number of hydrogen-bond acceptors (Lipinski definition) is 4. The second-order valence-electron chi connectivity index (χ2n) is 7.87. The summed E-state index contributed by atoms with van der Waals surface area (Å²) in [5.74, 6) is -0.558. The number of sulfonamides is 1. The Morgan fingerprint density at radius 1 is 0.933 bits per heavy atom. The Hall–Kier alpha value is -2.29. The average molecular weight is 432 g/mol. The molecule has 1 aliphatic carbocycles. The molecule has 1 aliphatic heterocycles. The van der Waals surface area contributed by atoms with Gasteiger partial charge in [-0.25, -0.2) is 12.8 Å². The summed E-state index contributed by atoms with van der Waals surface area (Å²) < 4.78 is 40.6. The molecule has 30 heavy (non-hydrogen) atoms. The summed E-state index contributed by atoms with van der Waals surface area (Å²) in [4.78, 5) is 14.5. The van der Waals surface area contributed by atoms with Crippen LogP contribution in [0.25, 0.3) is 0 Å². The lowest BCUT2D eigenvalue weighted by Gasteiger charge is -2.33. The number of benzene rings is 2. The zero-order valence-corrected chi connectivity index (χ0v) is 17.6. The molecule has 1 fully saturated rings. The molecule has 1 amide bonds. The highest BCUT2D eigenvalue weighted by Gasteiger charge is 2.29. The molecule has 1 saturated heterocycles. The summed E-state index contributed by atoms with van der Waals surface area (Å²) in [6, 6.07) is 11.1. The van der Waals surface area contributed by atoms with Crippen LogP contribution >= 0.6 is 0 Å². The van der Waals surface area contributed by atoms with E-state index in [4.69, 9.17) is 0 Å². The third-order valence-corrected chi connectivity index (χ3v) is 7.68. The third-order valence-electron chi connectivity index (χ3n) is 5.78. The van der Waals surface area contributed by atoms with E-state index in [0.717, 1.165) is 31.2 Å². The van der Waals surface area contributed by atoms with Gasteiger partial charge in [-0.2, -0.15) is 4.31 Å². The second-order valence-corrected chi connectivity index (χ2v) is 9.81. The van der Waals surface area contributed by atoms with Crippen LogP contribution in [0.2, 0.25) is 0 Å². The highest BCUT2D eigenvalue weighted by molar-refractivity contribution is 7.89. The number of hydrogen-bond donors (Lipinski definition) is 1. The fourth-order valence-electron chi connectivity index (χ4n) is 4.08. The number of carbonyl (C=O) groups is 1. The molecule has 8 heteroatoms. The Labute approximate surface area is 176 Å². The monoisotopic (exact) mass is 431 g/mol. The van der Waals surface area contributed by atoms with Crippen molar-refractivity contribution in [3.8, 4) is 0 Å². The van der Waals surface area contributed by atoms with Crippen LogP contribution in [0.1, 0.15) is 24.0 Å². The number of carbonyl (C=O) groups excluding carboxylic acids is 1. The SMILES string of the molecule is O=C(CN1CCN(S(=O)(=O)c2ccc3c(c2)CCCC3)CC1)Nc1ccc(F)cc1. The number of nitrogens with one attached hydrogen (secondary N) is 1. The van der Waals surface area contributed by atoms with Crippen LogP contribution in [0.15, 0.2) is 47.4 Å². The van der Waals surface area contributed by atoms with Crippen molar-refractivity contribution in [3.63, 3.8) is 0 Å². The minimum Gasteiger partial charge on any atom is -0.325 e. The van der Waals surface area contributed by atoms with E-state index >= 15 is 0 Å². The molecule has 2 aromatic rings. The Balaban J connectivity index is 1.33. The highest BCUT2D eigenvalue weighted by atomic mass is 32.2. The van der Waals surface area contributed by atoms with E-state index in [-0.39, 0.29) is 18.3 Å². The Kier molecular flexibility index (Phi) is 6.17. The number of nitrogens with zero attached hydrogens (tertiary/aromatic N) is 2. The van der Waals surface area contributed by atoms with Crippen LogP contribution in [0, 0.1) is 5.82 Å². The third kappa shape index (κ3) is 4.71. The van der Waals surface area contributed by atoms with Gasteiger partial charge in [-0.3, -0.25) is 9.69 Å². The minimum absolute atomic E-state index is 0.171. The molecule has 2 aliphatic rings. The predicted octanol–water partition coefficient (Wildman–Crippen LogP) is 2.65. The summed E-state index contributed by atoms with van der Waals surface area (Å²) in [6.45, 7) is 1.85. The largest absolute Gasteiger partial charge is 0.325 e. The minimum atomic E-state index is -3.53. The normalized spacial score (nSPS) is 18.0. The molecule has 0 aromatic heterocycles. The number of amides is 1. The Bertz CT molecular complexity index is 1020. The number of rotatable bonds is 5. The summed E-state index contributed by atoms with van der Waals surface area (Å²) >= 11 is 0. The van der Waals surface area contributed by atoms with Crippen molar-refractivity contribution < 1.29 is 17.6 Å². The van der Waals surface area contributed by atoms with Crippen molar-refractivity contribution in [3.05, 3.63) is 59.4 Å². The van der Waals surface area contributed by atoms with Gasteiger partial charge in [0, 0.05) is 31.9 Å². The Morgan fingerprint density at radius 2 is 1.60 bits per heavy atom. The van der Waals surface area contributed by atoms with Gasteiger partial charge in [0.1, 0.15) is 5.82 Å². The molecule has 160 valence electrons. The maximum Gasteiger partial charge on any atom is 0.243 e. The van der Waals surface area contributed by atoms with Crippen LogP contribution in [0.4, 0.5) is 10.1 Å². The number of piperazine rings is 1. The van der Waals surface area contributed by atoms with Crippen molar-refractivity contribution in [1.29, 1.82) is 0 Å². The maximum absolute atomic E-state index is 13.1. The van der Waals surface area contributed by atoms with Crippen molar-refractivity contribution in [1.82, 2.24) is 9.21 Å². The summed E-state index contributed by atoms with van der Waals surface area (Å²) in [5, 5.41) is 2.73. The zero-order valence-electron chi connectivity index (χ0n) is 16.8. The molecule has 0 atom stereocenters. The fourth-order valence-corrected chi connectivity index (χ4v) is 5.56. The van der Waals surface area contributed by atoms with E-state index in [2.05, 4.69) is 5.32 Å². The molecule has 2 aromatic carbocycles. The van der Waals surface area contributed by atoms with Gasteiger partial charge in [-0.15, -0.1) is 0 Å². The fraction of sp³-hybridized carbons (Fsp3) is 0.409. The smallest absolute Gasteiger partial charge is 0.243 e. The first-order chi connectivity index (χ1) is 14.4. The molecule has 0 unspecified atom stereocenters. The van der Waals surface area contributed by atoms with Gasteiger partial charge in [-0.1, -0.05) is 6.07 Å². The summed E-state index contributed by atoms with van der Waals surface area (Å²) in [7, 11) is -3.53. The lowest BCUT2D eigenvalue weighted by atomic mass is 9.92. The molecule has 0 saturated carbocycles.